The number of hydrogen-bond acceptors (Lipinski definition) is 1. The number of nitrogens with one attached hydrogen (secondary N) is 1. The average molecular weight is 284 g/mol. The van der Waals surface area contributed by atoms with Crippen LogP contribution in [0.3, 0.4) is 0 Å². The van der Waals surface area contributed by atoms with E-state index in [2.05, 4.69) is 26.1 Å². The number of benzene rings is 1. The Labute approximate surface area is 118 Å². The number of amides is 1. The van der Waals surface area contributed by atoms with E-state index in [0.29, 0.717) is 30.5 Å². The van der Waals surface area contributed by atoms with Crippen LogP contribution in [0.1, 0.15) is 50.1 Å². The second kappa shape index (κ2) is 5.12. The van der Waals surface area contributed by atoms with Crippen molar-refractivity contribution in [3.8, 4) is 0 Å². The first-order valence-electron chi connectivity index (χ1n) is 6.52. The van der Waals surface area contributed by atoms with E-state index in [-0.39, 0.29) is 22.5 Å². The molecular weight excluding hydrogens is 265 g/mol. The number of fused-ring (bicyclic) bond motifs is 1. The van der Waals surface area contributed by atoms with Crippen LogP contribution in [0.25, 0.3) is 0 Å². The first-order valence-corrected chi connectivity index (χ1v) is 6.96. The molecule has 0 fully saturated rings. The lowest BCUT2D eigenvalue weighted by Gasteiger charge is -2.24. The van der Waals surface area contributed by atoms with Crippen LogP contribution in [0.4, 0.5) is 10.1 Å². The summed E-state index contributed by atoms with van der Waals surface area (Å²) < 4.78 is 14.1. The fraction of sp³-hybridized carbons (Fsp3) is 0.533. The summed E-state index contributed by atoms with van der Waals surface area (Å²) in [5, 5.41) is 2.35. The van der Waals surface area contributed by atoms with Crippen molar-refractivity contribution in [1.29, 1.82) is 0 Å². The summed E-state index contributed by atoms with van der Waals surface area (Å²) in [4.78, 5) is 11.3. The van der Waals surface area contributed by atoms with Crippen LogP contribution in [-0.4, -0.2) is 5.91 Å². The minimum atomic E-state index is -0.345. The lowest BCUT2D eigenvalue weighted by atomic mass is 9.87. The number of anilines is 1. The number of carbonyl (C=O) groups excluding carboxylic acids is 1. The normalized spacial score (nSPS) is 16.8. The van der Waals surface area contributed by atoms with E-state index in [1.807, 2.05) is 0 Å². The summed E-state index contributed by atoms with van der Waals surface area (Å²) in [5.41, 5.74) is 2.13. The van der Waals surface area contributed by atoms with Crippen LogP contribution in [-0.2, 0) is 11.2 Å². The summed E-state index contributed by atoms with van der Waals surface area (Å²) in [5.74, 6) is -0.401. The third-order valence-electron chi connectivity index (χ3n) is 3.25. The van der Waals surface area contributed by atoms with Crippen LogP contribution in [0.15, 0.2) is 12.1 Å². The molecule has 104 valence electrons. The van der Waals surface area contributed by atoms with Gasteiger partial charge in [-0.15, -0.1) is 11.6 Å². The molecule has 0 spiro atoms. The van der Waals surface area contributed by atoms with Crippen molar-refractivity contribution in [3.05, 3.63) is 29.1 Å². The van der Waals surface area contributed by atoms with Gasteiger partial charge >= 0.3 is 0 Å². The number of aryl methyl sites for hydroxylation is 1. The molecule has 0 saturated heterocycles. The van der Waals surface area contributed by atoms with Crippen LogP contribution in [0.5, 0.6) is 0 Å². The minimum Gasteiger partial charge on any atom is -0.326 e. The highest BCUT2D eigenvalue weighted by Gasteiger charge is 2.24. The van der Waals surface area contributed by atoms with Crippen molar-refractivity contribution >= 4 is 23.2 Å². The van der Waals surface area contributed by atoms with Gasteiger partial charge in [-0.3, -0.25) is 4.79 Å². The van der Waals surface area contributed by atoms with Gasteiger partial charge in [0.15, 0.2) is 0 Å². The first-order chi connectivity index (χ1) is 8.76. The standard InChI is InChI=1S/C15H19ClFNO/c1-15(2,3)8-11(16)10-6-9-4-5-14(19)18-13(9)7-12(10)17/h6-7,11H,4-5,8H2,1-3H3,(H,18,19). The van der Waals surface area contributed by atoms with E-state index in [1.54, 1.807) is 6.07 Å². The summed E-state index contributed by atoms with van der Waals surface area (Å²) in [6, 6.07) is 3.19. The molecule has 1 unspecified atom stereocenters. The number of alkyl halides is 1. The molecule has 1 N–H and O–H groups in total. The highest BCUT2D eigenvalue weighted by Crippen LogP contribution is 2.37. The van der Waals surface area contributed by atoms with Crippen LogP contribution < -0.4 is 5.32 Å². The van der Waals surface area contributed by atoms with Crippen LogP contribution in [0.2, 0.25) is 0 Å². The monoisotopic (exact) mass is 283 g/mol. The Kier molecular flexibility index (Phi) is 3.86. The molecule has 0 saturated carbocycles. The van der Waals surface area contributed by atoms with Crippen molar-refractivity contribution < 1.29 is 9.18 Å². The molecule has 1 aliphatic rings. The van der Waals surface area contributed by atoms with Crippen molar-refractivity contribution in [2.45, 2.75) is 45.4 Å². The van der Waals surface area contributed by atoms with Gasteiger partial charge in [-0.25, -0.2) is 4.39 Å². The quantitative estimate of drug-likeness (QED) is 0.800. The summed E-state index contributed by atoms with van der Waals surface area (Å²) >= 11 is 6.34. The second-order valence-corrected chi connectivity index (χ2v) is 6.84. The predicted molar refractivity (Wildman–Crippen MR) is 76.0 cm³/mol. The molecule has 4 heteroatoms. The molecule has 1 aromatic carbocycles. The van der Waals surface area contributed by atoms with E-state index in [4.69, 9.17) is 11.6 Å². The molecule has 1 amide bonds. The highest BCUT2D eigenvalue weighted by molar-refractivity contribution is 6.20. The minimum absolute atomic E-state index is 0.0446. The Morgan fingerprint density at radius 1 is 1.37 bits per heavy atom. The second-order valence-electron chi connectivity index (χ2n) is 6.31. The number of hydrogen-bond donors (Lipinski definition) is 1. The van der Waals surface area contributed by atoms with Gasteiger partial charge in [0, 0.05) is 17.7 Å². The Bertz CT molecular complexity index is 508. The maximum absolute atomic E-state index is 14.1. The van der Waals surface area contributed by atoms with Crippen molar-refractivity contribution in [1.82, 2.24) is 0 Å². The predicted octanol–water partition coefficient (Wildman–Crippen LogP) is 4.43. The fourth-order valence-corrected chi connectivity index (χ4v) is 2.94. The van der Waals surface area contributed by atoms with Crippen molar-refractivity contribution in [3.63, 3.8) is 0 Å². The van der Waals surface area contributed by atoms with Gasteiger partial charge in [-0.05, 0) is 36.0 Å². The van der Waals surface area contributed by atoms with Crippen LogP contribution in [0, 0.1) is 11.2 Å². The van der Waals surface area contributed by atoms with Gasteiger partial charge in [-0.2, -0.15) is 0 Å². The van der Waals surface area contributed by atoms with Gasteiger partial charge in [0.25, 0.3) is 0 Å². The SMILES string of the molecule is CC(C)(C)CC(Cl)c1cc2c(cc1F)NC(=O)CC2. The van der Waals surface area contributed by atoms with Crippen molar-refractivity contribution in [2.75, 3.05) is 5.32 Å². The van der Waals surface area contributed by atoms with Gasteiger partial charge in [0.2, 0.25) is 5.91 Å². The number of halogens is 2. The Balaban J connectivity index is 2.30. The van der Waals surface area contributed by atoms with E-state index in [9.17, 15) is 9.18 Å². The molecule has 2 nitrogen and oxygen atoms in total. The molecule has 0 radical (unpaired) electrons. The molecule has 1 heterocycles. The summed E-state index contributed by atoms with van der Waals surface area (Å²) in [6.07, 6.45) is 1.80. The maximum atomic E-state index is 14.1. The molecule has 19 heavy (non-hydrogen) atoms. The average Bonchev–Trinajstić information content (AvgIpc) is 2.25. The topological polar surface area (TPSA) is 29.1 Å². The van der Waals surface area contributed by atoms with Crippen LogP contribution >= 0.6 is 11.6 Å². The lowest BCUT2D eigenvalue weighted by Crippen LogP contribution is -2.20. The third-order valence-corrected chi connectivity index (χ3v) is 3.64. The van der Waals surface area contributed by atoms with E-state index in [0.717, 1.165) is 5.56 Å². The Morgan fingerprint density at radius 2 is 2.05 bits per heavy atom. The highest BCUT2D eigenvalue weighted by atomic mass is 35.5. The van der Waals surface area contributed by atoms with Gasteiger partial charge in [0.1, 0.15) is 5.82 Å². The smallest absolute Gasteiger partial charge is 0.224 e. The number of rotatable bonds is 2. The lowest BCUT2D eigenvalue weighted by molar-refractivity contribution is -0.116. The molecule has 0 bridgehead atoms. The van der Waals surface area contributed by atoms with E-state index in [1.165, 1.54) is 6.07 Å². The first kappa shape index (κ1) is 14.3. The zero-order valence-electron chi connectivity index (χ0n) is 11.5. The molecule has 2 rings (SSSR count). The maximum Gasteiger partial charge on any atom is 0.224 e. The summed E-state index contributed by atoms with van der Waals surface area (Å²) in [6.45, 7) is 6.25. The van der Waals surface area contributed by atoms with E-state index >= 15 is 0 Å². The molecule has 1 aliphatic heterocycles. The molecule has 0 aliphatic carbocycles. The zero-order valence-corrected chi connectivity index (χ0v) is 12.3. The van der Waals surface area contributed by atoms with Crippen molar-refractivity contribution in [2.24, 2.45) is 5.41 Å². The fourth-order valence-electron chi connectivity index (χ4n) is 2.31. The molecule has 1 aromatic rings. The zero-order chi connectivity index (χ0) is 14.2. The Morgan fingerprint density at radius 3 is 2.68 bits per heavy atom. The van der Waals surface area contributed by atoms with Gasteiger partial charge in [0.05, 0.1) is 5.38 Å². The third kappa shape index (κ3) is 3.47. The largest absolute Gasteiger partial charge is 0.326 e. The van der Waals surface area contributed by atoms with E-state index < -0.39 is 0 Å². The molecular formula is C15H19ClFNO. The number of carbonyl (C=O) groups is 1. The Hall–Kier alpha value is -1.09. The van der Waals surface area contributed by atoms with Gasteiger partial charge in [-0.1, -0.05) is 20.8 Å². The van der Waals surface area contributed by atoms with Gasteiger partial charge < -0.3 is 5.32 Å². The molecule has 1 atom stereocenters. The molecule has 0 aromatic heterocycles. The summed E-state index contributed by atoms with van der Waals surface area (Å²) in [7, 11) is 0.